The molecule has 0 saturated carbocycles. The number of rotatable bonds is 6. The summed E-state index contributed by atoms with van der Waals surface area (Å²) in [5.74, 6) is 0. The van der Waals surface area contributed by atoms with Crippen LogP contribution >= 0.6 is 0 Å². The van der Waals surface area contributed by atoms with Crippen molar-refractivity contribution < 1.29 is 0 Å². The lowest BCUT2D eigenvalue weighted by Crippen LogP contribution is -2.74. The Morgan fingerprint density at radius 3 is 1.50 bits per heavy atom. The topological polar surface area (TPSA) is 28.7 Å². The first-order valence-corrected chi connectivity index (χ1v) is 17.6. The molecule has 2 nitrogen and oxygen atoms in total. The van der Waals surface area contributed by atoms with Gasteiger partial charge in [0.15, 0.2) is 8.07 Å². The number of hydrogen-bond donors (Lipinski definition) is 0. The first kappa shape index (κ1) is 27.6. The van der Waals surface area contributed by atoms with Crippen molar-refractivity contribution in [3.8, 4) is 22.9 Å². The van der Waals surface area contributed by atoms with Gasteiger partial charge in [-0.3, -0.25) is 0 Å². The largest absolute Gasteiger partial charge is 0.309 e. The van der Waals surface area contributed by atoms with Crippen LogP contribution in [0.1, 0.15) is 5.56 Å². The summed E-state index contributed by atoms with van der Waals surface area (Å²) in [6.45, 7) is 0. The number of fused-ring (bicyclic) bond motifs is 3. The molecule has 0 saturated heterocycles. The van der Waals surface area contributed by atoms with Crippen molar-refractivity contribution >= 4 is 50.6 Å². The molecule has 8 rings (SSSR count). The van der Waals surface area contributed by atoms with Gasteiger partial charge in [0.05, 0.1) is 22.7 Å². The van der Waals surface area contributed by atoms with E-state index in [1.54, 1.807) is 0 Å². The molecule has 1 aromatic heterocycles. The van der Waals surface area contributed by atoms with Crippen molar-refractivity contribution in [2.75, 3.05) is 0 Å². The van der Waals surface area contributed by atoms with Crippen molar-refractivity contribution in [3.63, 3.8) is 0 Å². The summed E-state index contributed by atoms with van der Waals surface area (Å²) in [5, 5.41) is 17.5. The van der Waals surface area contributed by atoms with Crippen molar-refractivity contribution in [1.29, 1.82) is 5.26 Å². The van der Waals surface area contributed by atoms with Crippen LogP contribution in [0.3, 0.4) is 0 Å². The molecule has 0 spiro atoms. The van der Waals surface area contributed by atoms with Crippen LogP contribution in [0.15, 0.2) is 182 Å². The lowest BCUT2D eigenvalue weighted by atomic mass is 10.1. The Bertz CT molecular complexity index is 2290. The normalized spacial score (nSPS) is 11.5. The molecule has 0 N–H and O–H groups in total. The Morgan fingerprint density at radius 2 is 0.891 bits per heavy atom. The molecule has 8 aromatic rings. The SMILES string of the molecule is N#Cc1cccc([Si](c2ccccc2)(c2ccccc2)c2cccc(-c3cccc(-n4c5ccccc5c5ccccc54)c3)c2)c1. The smallest absolute Gasteiger partial charge is 0.179 e. The molecule has 0 fully saturated rings. The fraction of sp³-hybridized carbons (Fsp3) is 0. The van der Waals surface area contributed by atoms with Gasteiger partial charge in [0.25, 0.3) is 0 Å². The van der Waals surface area contributed by atoms with Crippen molar-refractivity contribution in [3.05, 3.63) is 188 Å². The first-order chi connectivity index (χ1) is 22.8. The molecular weight excluding hydrogens is 573 g/mol. The predicted molar refractivity (Wildman–Crippen MR) is 195 cm³/mol. The Balaban J connectivity index is 1.36. The molecular formula is C43H30N2Si. The molecule has 3 heteroatoms. The Labute approximate surface area is 270 Å². The van der Waals surface area contributed by atoms with E-state index in [1.165, 1.54) is 48.1 Å². The summed E-state index contributed by atoms with van der Waals surface area (Å²) in [6, 6.07) is 67.6. The van der Waals surface area contributed by atoms with Gasteiger partial charge < -0.3 is 4.57 Å². The Kier molecular flexibility index (Phi) is 6.91. The number of nitriles is 1. The lowest BCUT2D eigenvalue weighted by Gasteiger charge is -2.34. The second-order valence-electron chi connectivity index (χ2n) is 11.7. The zero-order valence-electron chi connectivity index (χ0n) is 25.2. The molecule has 216 valence electrons. The molecule has 0 aliphatic carbocycles. The third-order valence-electron chi connectivity index (χ3n) is 9.15. The molecule has 7 aromatic carbocycles. The Morgan fingerprint density at radius 1 is 0.413 bits per heavy atom. The fourth-order valence-electron chi connectivity index (χ4n) is 7.16. The van der Waals surface area contributed by atoms with Crippen molar-refractivity contribution in [1.82, 2.24) is 4.57 Å². The van der Waals surface area contributed by atoms with Gasteiger partial charge in [0.1, 0.15) is 0 Å². The van der Waals surface area contributed by atoms with Gasteiger partial charge in [0, 0.05) is 16.5 Å². The van der Waals surface area contributed by atoms with E-state index in [9.17, 15) is 5.26 Å². The van der Waals surface area contributed by atoms with Crippen LogP contribution in [0, 0.1) is 11.3 Å². The second-order valence-corrected chi connectivity index (χ2v) is 15.5. The standard InChI is InChI=1S/C43H30N2Si/c44-31-32-14-11-22-38(28-32)46(36-18-3-1-4-19-36,37-20-5-2-6-21-37)39-23-13-16-34(30-39)33-15-12-17-35(29-33)45-42-26-9-7-24-40(42)41-25-8-10-27-43(41)45/h1-30H. The highest BCUT2D eigenvalue weighted by atomic mass is 28.3. The highest BCUT2D eigenvalue weighted by Crippen LogP contribution is 2.33. The van der Waals surface area contributed by atoms with E-state index < -0.39 is 8.07 Å². The molecule has 0 unspecified atom stereocenters. The average Bonchev–Trinajstić information content (AvgIpc) is 3.48. The summed E-state index contributed by atoms with van der Waals surface area (Å²) in [6.07, 6.45) is 0. The molecule has 0 bridgehead atoms. The number of nitrogens with zero attached hydrogens (tertiary/aromatic N) is 2. The van der Waals surface area contributed by atoms with Crippen LogP contribution in [-0.4, -0.2) is 12.6 Å². The van der Waals surface area contributed by atoms with E-state index in [4.69, 9.17) is 0 Å². The van der Waals surface area contributed by atoms with E-state index in [2.05, 4.69) is 180 Å². The van der Waals surface area contributed by atoms with Crippen LogP contribution in [0.25, 0.3) is 38.6 Å². The number of hydrogen-bond acceptors (Lipinski definition) is 1. The zero-order valence-corrected chi connectivity index (χ0v) is 26.2. The minimum atomic E-state index is -2.81. The summed E-state index contributed by atoms with van der Waals surface area (Å²) in [4.78, 5) is 0. The first-order valence-electron chi connectivity index (χ1n) is 15.6. The van der Waals surface area contributed by atoms with Gasteiger partial charge in [-0.1, -0.05) is 146 Å². The lowest BCUT2D eigenvalue weighted by molar-refractivity contribution is 1.18. The van der Waals surface area contributed by atoms with Gasteiger partial charge in [-0.25, -0.2) is 0 Å². The summed E-state index contributed by atoms with van der Waals surface area (Å²) in [7, 11) is -2.81. The molecule has 0 amide bonds. The predicted octanol–water partition coefficient (Wildman–Crippen LogP) is 7.70. The molecule has 0 atom stereocenters. The number of aromatic nitrogens is 1. The molecule has 0 radical (unpaired) electrons. The number of para-hydroxylation sites is 2. The van der Waals surface area contributed by atoms with E-state index in [1.807, 2.05) is 12.1 Å². The molecule has 0 aliphatic rings. The molecule has 1 heterocycles. The van der Waals surface area contributed by atoms with Crippen LogP contribution in [-0.2, 0) is 0 Å². The van der Waals surface area contributed by atoms with Gasteiger partial charge in [0.2, 0.25) is 0 Å². The monoisotopic (exact) mass is 602 g/mol. The van der Waals surface area contributed by atoms with Crippen LogP contribution < -0.4 is 20.7 Å². The maximum Gasteiger partial charge on any atom is 0.179 e. The molecule has 0 aliphatic heterocycles. The van der Waals surface area contributed by atoms with Gasteiger partial charge in [-0.05, 0) is 68.3 Å². The zero-order chi connectivity index (χ0) is 30.9. The minimum absolute atomic E-state index is 0.677. The summed E-state index contributed by atoms with van der Waals surface area (Å²) in [5.41, 5.74) is 6.54. The summed E-state index contributed by atoms with van der Waals surface area (Å²) < 4.78 is 2.37. The fourth-order valence-corrected chi connectivity index (χ4v) is 12.0. The van der Waals surface area contributed by atoms with Crippen LogP contribution in [0.5, 0.6) is 0 Å². The van der Waals surface area contributed by atoms with Gasteiger partial charge in [-0.15, -0.1) is 0 Å². The van der Waals surface area contributed by atoms with Gasteiger partial charge >= 0.3 is 0 Å². The van der Waals surface area contributed by atoms with Crippen LogP contribution in [0.2, 0.25) is 0 Å². The maximum atomic E-state index is 9.93. The highest BCUT2D eigenvalue weighted by Gasteiger charge is 2.41. The summed E-state index contributed by atoms with van der Waals surface area (Å²) >= 11 is 0. The number of benzene rings is 7. The maximum absolute atomic E-state index is 9.93. The van der Waals surface area contributed by atoms with E-state index >= 15 is 0 Å². The van der Waals surface area contributed by atoms with E-state index in [-0.39, 0.29) is 0 Å². The van der Waals surface area contributed by atoms with Gasteiger partial charge in [-0.2, -0.15) is 5.26 Å². The minimum Gasteiger partial charge on any atom is -0.309 e. The van der Waals surface area contributed by atoms with E-state index in [0.29, 0.717) is 5.56 Å². The van der Waals surface area contributed by atoms with Crippen LogP contribution in [0.4, 0.5) is 0 Å². The second kappa shape index (κ2) is 11.5. The van der Waals surface area contributed by atoms with E-state index in [0.717, 1.165) is 11.3 Å². The quantitative estimate of drug-likeness (QED) is 0.142. The molecule has 46 heavy (non-hydrogen) atoms. The van der Waals surface area contributed by atoms with Crippen molar-refractivity contribution in [2.24, 2.45) is 0 Å². The van der Waals surface area contributed by atoms with Crippen molar-refractivity contribution in [2.45, 2.75) is 0 Å². The average molecular weight is 603 g/mol. The highest BCUT2D eigenvalue weighted by molar-refractivity contribution is 7.19. The third kappa shape index (κ3) is 4.47. The Hall–Kier alpha value is -5.95. The third-order valence-corrected chi connectivity index (χ3v) is 13.9.